The van der Waals surface area contributed by atoms with Crippen molar-refractivity contribution >= 4 is 0 Å². The molecular formula is C38H76O4. The van der Waals surface area contributed by atoms with Crippen molar-refractivity contribution in [2.45, 2.75) is 219 Å². The predicted octanol–water partition coefficient (Wildman–Crippen LogP) is 10.1. The molecule has 0 aromatic rings. The SMILES string of the molecule is CC[C@@H]1CCCCCC[C@H]1O.CC[C@@H]1CCCCC[C@H]1O.CC[C@H]1CCCCCC[C@@H]1O.CC[C@H]1CCCCC[C@@H]1O. The summed E-state index contributed by atoms with van der Waals surface area (Å²) in [6.45, 7) is 8.74. The van der Waals surface area contributed by atoms with Gasteiger partial charge >= 0.3 is 0 Å². The summed E-state index contributed by atoms with van der Waals surface area (Å²) in [6, 6.07) is 0. The Morgan fingerprint density at radius 3 is 0.643 bits per heavy atom. The molecule has 42 heavy (non-hydrogen) atoms. The van der Waals surface area contributed by atoms with Gasteiger partial charge in [-0.3, -0.25) is 0 Å². The minimum Gasteiger partial charge on any atom is -0.393 e. The van der Waals surface area contributed by atoms with Crippen LogP contribution in [0.1, 0.15) is 195 Å². The molecule has 0 amide bonds. The lowest BCUT2D eigenvalue weighted by molar-refractivity contribution is 0.0814. The van der Waals surface area contributed by atoms with E-state index in [-0.39, 0.29) is 24.4 Å². The molecule has 4 fully saturated rings. The van der Waals surface area contributed by atoms with Crippen LogP contribution in [0.2, 0.25) is 0 Å². The van der Waals surface area contributed by atoms with Gasteiger partial charge in [0.15, 0.2) is 0 Å². The highest BCUT2D eigenvalue weighted by molar-refractivity contribution is 4.73. The normalized spacial score (nSPS) is 34.9. The van der Waals surface area contributed by atoms with Crippen molar-refractivity contribution in [1.29, 1.82) is 0 Å². The first kappa shape index (κ1) is 39.9. The topological polar surface area (TPSA) is 80.9 Å². The van der Waals surface area contributed by atoms with Crippen molar-refractivity contribution in [2.75, 3.05) is 0 Å². The van der Waals surface area contributed by atoms with E-state index in [1.54, 1.807) is 0 Å². The first-order valence-corrected chi connectivity index (χ1v) is 19.1. The minimum atomic E-state index is 0.000278. The lowest BCUT2D eigenvalue weighted by Crippen LogP contribution is -2.21. The Kier molecular flexibility index (Phi) is 24.8. The summed E-state index contributed by atoms with van der Waals surface area (Å²) in [5.41, 5.74) is 0. The van der Waals surface area contributed by atoms with E-state index in [4.69, 9.17) is 0 Å². The first-order chi connectivity index (χ1) is 20.4. The summed E-state index contributed by atoms with van der Waals surface area (Å²) >= 11 is 0. The largest absolute Gasteiger partial charge is 0.393 e. The molecular weight excluding hydrogens is 520 g/mol. The van der Waals surface area contributed by atoms with Crippen LogP contribution in [0.5, 0.6) is 0 Å². The molecule has 4 heteroatoms. The van der Waals surface area contributed by atoms with Crippen molar-refractivity contribution in [3.8, 4) is 0 Å². The Bertz CT molecular complexity index is 533. The van der Waals surface area contributed by atoms with Gasteiger partial charge in [-0.15, -0.1) is 0 Å². The maximum absolute atomic E-state index is 9.67. The Morgan fingerprint density at radius 1 is 0.286 bits per heavy atom. The van der Waals surface area contributed by atoms with E-state index in [0.29, 0.717) is 23.7 Å². The summed E-state index contributed by atoms with van der Waals surface area (Å²) in [6.07, 6.45) is 32.1. The Morgan fingerprint density at radius 2 is 0.452 bits per heavy atom. The standard InChI is InChI=1S/2C10H20O.2C9H18O/c2*1-2-9-7-5-3-4-6-8-10(9)11;2*1-2-8-6-4-3-5-7-9(8)10/h2*9-11H,2-8H2,1H3;2*8-10H,2-7H2,1H3/t2*9-,10-;2*8-,9-/m1010/s1. The van der Waals surface area contributed by atoms with E-state index in [2.05, 4.69) is 27.7 Å². The zero-order valence-corrected chi connectivity index (χ0v) is 28.8. The van der Waals surface area contributed by atoms with Gasteiger partial charge in [0.1, 0.15) is 0 Å². The average Bonchev–Trinajstić information content (AvgIpc) is 3.33. The first-order valence-electron chi connectivity index (χ1n) is 19.1. The highest BCUT2D eigenvalue weighted by atomic mass is 16.3. The molecule has 4 N–H and O–H groups in total. The van der Waals surface area contributed by atoms with Crippen LogP contribution in [0, 0.1) is 23.7 Å². The fourth-order valence-electron chi connectivity index (χ4n) is 7.72. The van der Waals surface area contributed by atoms with E-state index >= 15 is 0 Å². The van der Waals surface area contributed by atoms with Crippen LogP contribution in [0.3, 0.4) is 0 Å². The molecule has 0 aliphatic heterocycles. The van der Waals surface area contributed by atoms with Gasteiger partial charge in [-0.2, -0.15) is 0 Å². The monoisotopic (exact) mass is 597 g/mol. The van der Waals surface area contributed by atoms with E-state index in [1.807, 2.05) is 0 Å². The zero-order chi connectivity index (χ0) is 31.0. The maximum atomic E-state index is 9.67. The average molecular weight is 597 g/mol. The third kappa shape index (κ3) is 18.0. The number of rotatable bonds is 4. The van der Waals surface area contributed by atoms with Gasteiger partial charge in [0.25, 0.3) is 0 Å². The van der Waals surface area contributed by atoms with Crippen molar-refractivity contribution in [3.63, 3.8) is 0 Å². The van der Waals surface area contributed by atoms with Crippen LogP contribution in [-0.4, -0.2) is 44.8 Å². The van der Waals surface area contributed by atoms with Gasteiger partial charge < -0.3 is 20.4 Å². The van der Waals surface area contributed by atoms with Crippen molar-refractivity contribution in [3.05, 3.63) is 0 Å². The molecule has 0 unspecified atom stereocenters. The number of aliphatic hydroxyl groups excluding tert-OH is 4. The molecule has 8 atom stereocenters. The van der Waals surface area contributed by atoms with E-state index < -0.39 is 0 Å². The minimum absolute atomic E-state index is 0.000278. The molecule has 4 nitrogen and oxygen atoms in total. The third-order valence-corrected chi connectivity index (χ3v) is 11.1. The number of hydrogen-bond acceptors (Lipinski definition) is 4. The second-order valence-electron chi connectivity index (χ2n) is 14.2. The predicted molar refractivity (Wildman–Crippen MR) is 181 cm³/mol. The Balaban J connectivity index is 0.000000280. The lowest BCUT2D eigenvalue weighted by Gasteiger charge is -2.23. The molecule has 0 radical (unpaired) electrons. The Hall–Kier alpha value is -0.160. The third-order valence-electron chi connectivity index (χ3n) is 11.1. The van der Waals surface area contributed by atoms with Gasteiger partial charge in [0, 0.05) is 0 Å². The quantitative estimate of drug-likeness (QED) is 0.243. The fourth-order valence-corrected chi connectivity index (χ4v) is 7.72. The molecule has 4 aliphatic rings. The van der Waals surface area contributed by atoms with Crippen LogP contribution >= 0.6 is 0 Å². The van der Waals surface area contributed by atoms with E-state index in [0.717, 1.165) is 51.4 Å². The van der Waals surface area contributed by atoms with Crippen LogP contribution < -0.4 is 0 Å². The van der Waals surface area contributed by atoms with Crippen LogP contribution in [0.25, 0.3) is 0 Å². The molecule has 0 aromatic heterocycles. The fraction of sp³-hybridized carbons (Fsp3) is 1.00. The number of aliphatic hydroxyl groups is 4. The van der Waals surface area contributed by atoms with Gasteiger partial charge in [0.2, 0.25) is 0 Å². The second-order valence-corrected chi connectivity index (χ2v) is 14.2. The summed E-state index contributed by atoms with van der Waals surface area (Å²) in [5, 5.41) is 38.4. The van der Waals surface area contributed by atoms with Crippen LogP contribution in [-0.2, 0) is 0 Å². The summed E-state index contributed by atoms with van der Waals surface area (Å²) < 4.78 is 0. The maximum Gasteiger partial charge on any atom is 0.0568 e. The highest BCUT2D eigenvalue weighted by Crippen LogP contribution is 2.27. The van der Waals surface area contributed by atoms with Crippen molar-refractivity contribution < 1.29 is 20.4 Å². The van der Waals surface area contributed by atoms with Crippen molar-refractivity contribution in [2.24, 2.45) is 23.7 Å². The smallest absolute Gasteiger partial charge is 0.0568 e. The Labute approximate surface area is 262 Å². The summed E-state index contributed by atoms with van der Waals surface area (Å²) in [5.74, 6) is 2.38. The molecule has 0 heterocycles. The molecule has 4 saturated carbocycles. The van der Waals surface area contributed by atoms with E-state index in [1.165, 1.54) is 116 Å². The zero-order valence-electron chi connectivity index (χ0n) is 28.8. The summed E-state index contributed by atoms with van der Waals surface area (Å²) in [7, 11) is 0. The molecule has 0 saturated heterocycles. The van der Waals surface area contributed by atoms with Gasteiger partial charge in [-0.25, -0.2) is 0 Å². The van der Waals surface area contributed by atoms with Gasteiger partial charge in [-0.05, 0) is 75.0 Å². The highest BCUT2D eigenvalue weighted by Gasteiger charge is 2.21. The molecule has 4 aliphatic carbocycles. The van der Waals surface area contributed by atoms with Gasteiger partial charge in [0.05, 0.1) is 24.4 Å². The van der Waals surface area contributed by atoms with Gasteiger partial charge in [-0.1, -0.05) is 143 Å². The summed E-state index contributed by atoms with van der Waals surface area (Å²) in [4.78, 5) is 0. The van der Waals surface area contributed by atoms with Crippen molar-refractivity contribution in [1.82, 2.24) is 0 Å². The van der Waals surface area contributed by atoms with E-state index in [9.17, 15) is 20.4 Å². The molecule has 0 spiro atoms. The lowest BCUT2D eigenvalue weighted by atomic mass is 9.87. The molecule has 252 valence electrons. The molecule has 0 aromatic carbocycles. The number of hydrogen-bond donors (Lipinski definition) is 4. The second kappa shape index (κ2) is 26.1. The molecule has 4 rings (SSSR count). The molecule has 0 bridgehead atoms. The van der Waals surface area contributed by atoms with Crippen LogP contribution in [0.4, 0.5) is 0 Å². The van der Waals surface area contributed by atoms with Crippen LogP contribution in [0.15, 0.2) is 0 Å².